The zero-order valence-electron chi connectivity index (χ0n) is 8.36. The van der Waals surface area contributed by atoms with Gasteiger partial charge in [0.05, 0.1) is 26.1 Å². The molecule has 4 heteroatoms. The molecule has 0 aliphatic carbocycles. The molecule has 0 radical (unpaired) electrons. The van der Waals surface area contributed by atoms with Crippen molar-refractivity contribution in [2.45, 2.75) is 13.3 Å². The normalized spacial score (nSPS) is 10.1. The molecule has 80 valence electrons. The van der Waals surface area contributed by atoms with E-state index in [1.807, 2.05) is 0 Å². The van der Waals surface area contributed by atoms with Crippen LogP contribution in [0.2, 0.25) is 0 Å². The Hall–Kier alpha value is -1.29. The number of aliphatic hydroxyl groups is 1. The number of carbonyl (C=O) groups is 1. The summed E-state index contributed by atoms with van der Waals surface area (Å²) in [5, 5.41) is 8.36. The van der Waals surface area contributed by atoms with Crippen LogP contribution in [0.1, 0.15) is 13.3 Å². The van der Waals surface area contributed by atoms with Gasteiger partial charge in [0.1, 0.15) is 0 Å². The Morgan fingerprint density at radius 1 is 1.50 bits per heavy atom. The van der Waals surface area contributed by atoms with Crippen LogP contribution in [0.5, 0.6) is 0 Å². The molecule has 4 nitrogen and oxygen atoms in total. The molecule has 14 heavy (non-hydrogen) atoms. The number of rotatable bonds is 7. The van der Waals surface area contributed by atoms with Gasteiger partial charge in [0.15, 0.2) is 0 Å². The fraction of sp³-hybridized carbons (Fsp3) is 0.500. The van der Waals surface area contributed by atoms with Crippen molar-refractivity contribution in [3.05, 3.63) is 24.5 Å². The minimum Gasteiger partial charge on any atom is -0.501 e. The molecule has 0 atom stereocenters. The predicted molar refractivity (Wildman–Crippen MR) is 52.6 cm³/mol. The van der Waals surface area contributed by atoms with Crippen molar-refractivity contribution in [1.82, 2.24) is 0 Å². The Morgan fingerprint density at radius 2 is 2.21 bits per heavy atom. The number of esters is 1. The standard InChI is InChI=1S/C10H16O4/c1-9(2)10(12)14-8-4-7-13-6-3-5-11/h3,6,11H,1,4-5,7-8H2,2H3. The van der Waals surface area contributed by atoms with E-state index >= 15 is 0 Å². The van der Waals surface area contributed by atoms with Gasteiger partial charge in [-0.3, -0.25) is 0 Å². The van der Waals surface area contributed by atoms with Gasteiger partial charge in [-0.1, -0.05) is 6.58 Å². The summed E-state index contributed by atoms with van der Waals surface area (Å²) in [5.41, 5.74) is 0.395. The smallest absolute Gasteiger partial charge is 0.333 e. The van der Waals surface area contributed by atoms with Crippen molar-refractivity contribution >= 4 is 5.97 Å². The topological polar surface area (TPSA) is 55.8 Å². The lowest BCUT2D eigenvalue weighted by atomic mass is 10.4. The lowest BCUT2D eigenvalue weighted by molar-refractivity contribution is -0.139. The van der Waals surface area contributed by atoms with Gasteiger partial charge in [0.25, 0.3) is 0 Å². The first kappa shape index (κ1) is 12.7. The molecule has 0 amide bonds. The lowest BCUT2D eigenvalue weighted by Gasteiger charge is -2.03. The molecule has 0 saturated carbocycles. The Labute approximate surface area is 83.8 Å². The maximum Gasteiger partial charge on any atom is 0.333 e. The summed E-state index contributed by atoms with van der Waals surface area (Å²) in [7, 11) is 0. The summed E-state index contributed by atoms with van der Waals surface area (Å²) in [4.78, 5) is 10.9. The van der Waals surface area contributed by atoms with Crippen molar-refractivity contribution in [3.63, 3.8) is 0 Å². The first-order valence-corrected chi connectivity index (χ1v) is 4.38. The van der Waals surface area contributed by atoms with E-state index in [9.17, 15) is 4.79 Å². The molecule has 0 aliphatic heterocycles. The maximum atomic E-state index is 10.9. The Kier molecular flexibility index (Phi) is 7.55. The Bertz CT molecular complexity index is 208. The van der Waals surface area contributed by atoms with E-state index in [0.29, 0.717) is 25.2 Å². The molecule has 0 unspecified atom stereocenters. The fourth-order valence-electron chi connectivity index (χ4n) is 0.609. The molecule has 0 rings (SSSR count). The Morgan fingerprint density at radius 3 is 2.79 bits per heavy atom. The molecule has 0 spiro atoms. The molecule has 0 aliphatic rings. The van der Waals surface area contributed by atoms with Crippen LogP contribution < -0.4 is 0 Å². The molecule has 0 aromatic heterocycles. The monoisotopic (exact) mass is 200 g/mol. The average molecular weight is 200 g/mol. The second-order valence-corrected chi connectivity index (χ2v) is 2.69. The highest BCUT2D eigenvalue weighted by Gasteiger charge is 2.01. The van der Waals surface area contributed by atoms with Crippen molar-refractivity contribution in [1.29, 1.82) is 0 Å². The van der Waals surface area contributed by atoms with Crippen LogP contribution in [0.15, 0.2) is 24.5 Å². The van der Waals surface area contributed by atoms with Gasteiger partial charge in [-0.2, -0.15) is 0 Å². The van der Waals surface area contributed by atoms with E-state index < -0.39 is 0 Å². The minimum atomic E-state index is -0.379. The molecule has 0 aromatic carbocycles. The van der Waals surface area contributed by atoms with E-state index in [2.05, 4.69) is 6.58 Å². The molecule has 0 fully saturated rings. The molecule has 0 bridgehead atoms. The first-order chi connectivity index (χ1) is 6.68. The highest BCUT2D eigenvalue weighted by molar-refractivity contribution is 5.86. The first-order valence-electron chi connectivity index (χ1n) is 4.38. The van der Waals surface area contributed by atoms with Crippen molar-refractivity contribution in [3.8, 4) is 0 Å². The van der Waals surface area contributed by atoms with Crippen LogP contribution in [0.4, 0.5) is 0 Å². The number of hydrogen-bond acceptors (Lipinski definition) is 4. The number of carbonyl (C=O) groups excluding carboxylic acids is 1. The third-order valence-corrected chi connectivity index (χ3v) is 1.29. The van der Waals surface area contributed by atoms with Crippen LogP contribution in [0, 0.1) is 0 Å². The van der Waals surface area contributed by atoms with Gasteiger partial charge >= 0.3 is 5.97 Å². The van der Waals surface area contributed by atoms with Crippen molar-refractivity contribution in [2.75, 3.05) is 19.8 Å². The fourth-order valence-corrected chi connectivity index (χ4v) is 0.609. The van der Waals surface area contributed by atoms with E-state index in [0.717, 1.165) is 0 Å². The number of aliphatic hydroxyl groups excluding tert-OH is 1. The second kappa shape index (κ2) is 8.31. The third-order valence-electron chi connectivity index (χ3n) is 1.29. The minimum absolute atomic E-state index is 0.0371. The largest absolute Gasteiger partial charge is 0.501 e. The molecular weight excluding hydrogens is 184 g/mol. The van der Waals surface area contributed by atoms with E-state index in [-0.39, 0.29) is 12.6 Å². The number of ether oxygens (including phenoxy) is 2. The van der Waals surface area contributed by atoms with Gasteiger partial charge in [-0.15, -0.1) is 0 Å². The molecule has 0 aromatic rings. The quantitative estimate of drug-likeness (QED) is 0.288. The van der Waals surface area contributed by atoms with Gasteiger partial charge in [0.2, 0.25) is 0 Å². The number of hydrogen-bond donors (Lipinski definition) is 1. The molecule has 1 N–H and O–H groups in total. The van der Waals surface area contributed by atoms with Crippen LogP contribution in [-0.2, 0) is 14.3 Å². The molecule has 0 saturated heterocycles. The summed E-state index contributed by atoms with van der Waals surface area (Å²) in [5.74, 6) is -0.379. The molecule has 0 heterocycles. The van der Waals surface area contributed by atoms with Gasteiger partial charge in [0, 0.05) is 12.0 Å². The second-order valence-electron chi connectivity index (χ2n) is 2.69. The van der Waals surface area contributed by atoms with Crippen LogP contribution in [-0.4, -0.2) is 30.9 Å². The van der Waals surface area contributed by atoms with Crippen molar-refractivity contribution in [2.24, 2.45) is 0 Å². The SMILES string of the molecule is C=C(C)C(=O)OCCCOC=CCO. The van der Waals surface area contributed by atoms with Gasteiger partial charge in [-0.25, -0.2) is 4.79 Å². The zero-order valence-corrected chi connectivity index (χ0v) is 8.36. The van der Waals surface area contributed by atoms with Gasteiger partial charge in [-0.05, 0) is 13.0 Å². The highest BCUT2D eigenvalue weighted by Crippen LogP contribution is 1.93. The summed E-state index contributed by atoms with van der Waals surface area (Å²) in [6.45, 7) is 5.79. The summed E-state index contributed by atoms with van der Waals surface area (Å²) in [6.07, 6.45) is 3.52. The Balaban J connectivity index is 3.26. The summed E-state index contributed by atoms with van der Waals surface area (Å²) in [6, 6.07) is 0. The maximum absolute atomic E-state index is 10.9. The summed E-state index contributed by atoms with van der Waals surface area (Å²) >= 11 is 0. The predicted octanol–water partition coefficient (Wildman–Crippen LogP) is 1.02. The zero-order chi connectivity index (χ0) is 10.8. The van der Waals surface area contributed by atoms with E-state index in [1.165, 1.54) is 12.3 Å². The van der Waals surface area contributed by atoms with Crippen LogP contribution >= 0.6 is 0 Å². The van der Waals surface area contributed by atoms with Gasteiger partial charge < -0.3 is 14.6 Å². The van der Waals surface area contributed by atoms with Crippen LogP contribution in [0.25, 0.3) is 0 Å². The highest BCUT2D eigenvalue weighted by atomic mass is 16.5. The summed E-state index contributed by atoms with van der Waals surface area (Å²) < 4.78 is 9.78. The average Bonchev–Trinajstić information content (AvgIpc) is 2.16. The van der Waals surface area contributed by atoms with Crippen LogP contribution in [0.3, 0.4) is 0 Å². The third kappa shape index (κ3) is 7.36. The lowest BCUT2D eigenvalue weighted by Crippen LogP contribution is -2.07. The van der Waals surface area contributed by atoms with Crippen molar-refractivity contribution < 1.29 is 19.4 Å². The van der Waals surface area contributed by atoms with E-state index in [4.69, 9.17) is 14.6 Å². The van der Waals surface area contributed by atoms with E-state index in [1.54, 1.807) is 6.92 Å². The molecular formula is C10H16O4.